The zero-order chi connectivity index (χ0) is 17.9. The lowest BCUT2D eigenvalue weighted by Gasteiger charge is -2.06. The van der Waals surface area contributed by atoms with E-state index in [1.807, 2.05) is 18.2 Å². The monoisotopic (exact) mass is 346 g/mol. The molecule has 2 N–H and O–H groups in total. The van der Waals surface area contributed by atoms with Crippen LogP contribution in [0.5, 0.6) is 0 Å². The Hall–Kier alpha value is -3.54. The minimum absolute atomic E-state index is 0.179. The summed E-state index contributed by atoms with van der Waals surface area (Å²) in [7, 11) is 0. The second-order valence-corrected chi connectivity index (χ2v) is 5.88. The topological polar surface area (TPSA) is 70.7 Å². The molecule has 2 aromatic carbocycles. The van der Waals surface area contributed by atoms with E-state index in [1.54, 1.807) is 36.7 Å². The molecule has 4 aromatic rings. The molecule has 0 fully saturated rings. The van der Waals surface area contributed by atoms with Crippen molar-refractivity contribution in [3.05, 3.63) is 83.9 Å². The number of aromatic nitrogens is 3. The Morgan fingerprint density at radius 2 is 1.96 bits per heavy atom. The molecule has 0 atom stereocenters. The van der Waals surface area contributed by atoms with Gasteiger partial charge in [0.2, 0.25) is 0 Å². The van der Waals surface area contributed by atoms with Crippen molar-refractivity contribution in [2.24, 2.45) is 0 Å². The van der Waals surface area contributed by atoms with Crippen LogP contribution in [0.1, 0.15) is 15.9 Å². The first-order valence-electron chi connectivity index (χ1n) is 8.12. The van der Waals surface area contributed by atoms with Crippen molar-refractivity contribution in [1.29, 1.82) is 0 Å². The summed E-state index contributed by atoms with van der Waals surface area (Å²) in [4.78, 5) is 16.5. The first kappa shape index (κ1) is 16.0. The quantitative estimate of drug-likeness (QED) is 0.592. The van der Waals surface area contributed by atoms with Gasteiger partial charge in [0.1, 0.15) is 5.82 Å². The van der Waals surface area contributed by atoms with Gasteiger partial charge in [-0.1, -0.05) is 6.07 Å². The van der Waals surface area contributed by atoms with Gasteiger partial charge in [-0.05, 0) is 54.1 Å². The molecule has 0 bridgehead atoms. The van der Waals surface area contributed by atoms with Crippen LogP contribution < -0.4 is 5.32 Å². The maximum atomic E-state index is 13.2. The van der Waals surface area contributed by atoms with Crippen LogP contribution in [0, 0.1) is 5.82 Å². The second kappa shape index (κ2) is 6.76. The lowest BCUT2D eigenvalue weighted by Crippen LogP contribution is -2.22. The number of fused-ring (bicyclic) bond motifs is 1. The molecular formula is C20H15FN4O. The van der Waals surface area contributed by atoms with Crippen molar-refractivity contribution in [1.82, 2.24) is 20.5 Å². The highest BCUT2D eigenvalue weighted by Gasteiger charge is 2.12. The molecule has 0 aliphatic rings. The molecule has 1 amide bonds. The van der Waals surface area contributed by atoms with E-state index in [2.05, 4.69) is 20.5 Å². The van der Waals surface area contributed by atoms with Crippen LogP contribution in [0.25, 0.3) is 22.2 Å². The zero-order valence-corrected chi connectivity index (χ0v) is 13.7. The van der Waals surface area contributed by atoms with Gasteiger partial charge in [-0.3, -0.25) is 14.9 Å². The average molecular weight is 346 g/mol. The highest BCUT2D eigenvalue weighted by Crippen LogP contribution is 2.27. The van der Waals surface area contributed by atoms with Crippen molar-refractivity contribution < 1.29 is 9.18 Å². The first-order chi connectivity index (χ1) is 12.7. The van der Waals surface area contributed by atoms with Crippen molar-refractivity contribution in [3.63, 3.8) is 0 Å². The van der Waals surface area contributed by atoms with Crippen molar-refractivity contribution in [3.8, 4) is 11.3 Å². The smallest absolute Gasteiger partial charge is 0.251 e. The van der Waals surface area contributed by atoms with Gasteiger partial charge in [-0.25, -0.2) is 4.39 Å². The zero-order valence-electron chi connectivity index (χ0n) is 13.7. The van der Waals surface area contributed by atoms with E-state index < -0.39 is 0 Å². The maximum absolute atomic E-state index is 13.2. The molecule has 0 aliphatic carbocycles. The Balaban J connectivity index is 1.61. The molecule has 2 aromatic heterocycles. The number of nitrogens with one attached hydrogen (secondary N) is 2. The van der Waals surface area contributed by atoms with Gasteiger partial charge >= 0.3 is 0 Å². The number of aromatic amines is 1. The standard InChI is InChI=1S/C20H15FN4O/c21-16-6-3-14(4-7-16)19-17-10-15(5-8-18(17)24-25-19)20(26)23-12-13-2-1-9-22-11-13/h1-11H,12H2,(H,23,26)(H,24,25). The van der Waals surface area contributed by atoms with Crippen molar-refractivity contribution >= 4 is 16.8 Å². The summed E-state index contributed by atoms with van der Waals surface area (Å²) in [5, 5.41) is 10.9. The van der Waals surface area contributed by atoms with E-state index in [-0.39, 0.29) is 11.7 Å². The molecular weight excluding hydrogens is 331 g/mol. The number of amides is 1. The summed E-state index contributed by atoms with van der Waals surface area (Å²) in [6, 6.07) is 15.2. The largest absolute Gasteiger partial charge is 0.348 e. The fourth-order valence-electron chi connectivity index (χ4n) is 2.77. The minimum atomic E-state index is -0.302. The molecule has 0 saturated carbocycles. The van der Waals surface area contributed by atoms with Gasteiger partial charge in [0.05, 0.1) is 11.2 Å². The van der Waals surface area contributed by atoms with E-state index in [0.717, 1.165) is 22.0 Å². The number of rotatable bonds is 4. The van der Waals surface area contributed by atoms with Crippen LogP contribution in [-0.2, 0) is 6.54 Å². The summed E-state index contributed by atoms with van der Waals surface area (Å²) < 4.78 is 13.2. The summed E-state index contributed by atoms with van der Waals surface area (Å²) in [5.74, 6) is -0.480. The van der Waals surface area contributed by atoms with Gasteiger partial charge in [0.25, 0.3) is 5.91 Å². The lowest BCUT2D eigenvalue weighted by molar-refractivity contribution is 0.0951. The number of benzene rings is 2. The Bertz CT molecular complexity index is 1060. The SMILES string of the molecule is O=C(NCc1cccnc1)c1ccc2[nH]nc(-c3ccc(F)cc3)c2c1. The molecule has 0 aliphatic heterocycles. The predicted octanol–water partition coefficient (Wildman–Crippen LogP) is 3.69. The molecule has 2 heterocycles. The van der Waals surface area contributed by atoms with Gasteiger partial charge in [0.15, 0.2) is 0 Å². The van der Waals surface area contributed by atoms with Crippen LogP contribution in [0.2, 0.25) is 0 Å². The fourth-order valence-corrected chi connectivity index (χ4v) is 2.77. The molecule has 0 saturated heterocycles. The van der Waals surface area contributed by atoms with E-state index >= 15 is 0 Å². The molecule has 5 nitrogen and oxygen atoms in total. The molecule has 6 heteroatoms. The molecule has 0 unspecified atom stereocenters. The molecule has 0 radical (unpaired) electrons. The van der Waals surface area contributed by atoms with Gasteiger partial charge < -0.3 is 5.32 Å². The third-order valence-electron chi connectivity index (χ3n) is 4.12. The van der Waals surface area contributed by atoms with Crippen LogP contribution in [0.4, 0.5) is 4.39 Å². The number of pyridine rings is 1. The highest BCUT2D eigenvalue weighted by molar-refractivity contribution is 6.01. The van der Waals surface area contributed by atoms with E-state index in [4.69, 9.17) is 0 Å². The van der Waals surface area contributed by atoms with Crippen LogP contribution in [0.3, 0.4) is 0 Å². The van der Waals surface area contributed by atoms with Gasteiger partial charge in [-0.15, -0.1) is 0 Å². The van der Waals surface area contributed by atoms with Crippen molar-refractivity contribution in [2.75, 3.05) is 0 Å². The predicted molar refractivity (Wildman–Crippen MR) is 96.9 cm³/mol. The second-order valence-electron chi connectivity index (χ2n) is 5.88. The number of nitrogens with zero attached hydrogens (tertiary/aromatic N) is 2. The Labute approximate surface area is 148 Å². The summed E-state index contributed by atoms with van der Waals surface area (Å²) in [6.07, 6.45) is 3.40. The van der Waals surface area contributed by atoms with Crippen molar-refractivity contribution in [2.45, 2.75) is 6.54 Å². The molecule has 26 heavy (non-hydrogen) atoms. The van der Waals surface area contributed by atoms with E-state index in [0.29, 0.717) is 17.8 Å². The van der Waals surface area contributed by atoms with E-state index in [9.17, 15) is 9.18 Å². The van der Waals surface area contributed by atoms with Gasteiger partial charge in [0, 0.05) is 35.5 Å². The van der Waals surface area contributed by atoms with Crippen LogP contribution in [0.15, 0.2) is 67.0 Å². The Kier molecular flexibility index (Phi) is 4.15. The Morgan fingerprint density at radius 3 is 2.73 bits per heavy atom. The van der Waals surface area contributed by atoms with Crippen LogP contribution >= 0.6 is 0 Å². The molecule has 4 rings (SSSR count). The number of carbonyl (C=O) groups excluding carboxylic acids is 1. The molecule has 0 spiro atoms. The normalized spacial score (nSPS) is 10.8. The summed E-state index contributed by atoms with van der Waals surface area (Å²) in [5.41, 5.74) is 3.74. The third kappa shape index (κ3) is 3.17. The Morgan fingerprint density at radius 1 is 1.12 bits per heavy atom. The lowest BCUT2D eigenvalue weighted by atomic mass is 10.1. The fraction of sp³-hybridized carbons (Fsp3) is 0.0500. The minimum Gasteiger partial charge on any atom is -0.348 e. The highest BCUT2D eigenvalue weighted by atomic mass is 19.1. The maximum Gasteiger partial charge on any atom is 0.251 e. The third-order valence-corrected chi connectivity index (χ3v) is 4.12. The number of hydrogen-bond acceptors (Lipinski definition) is 3. The average Bonchev–Trinajstić information content (AvgIpc) is 3.11. The number of halogens is 1. The number of hydrogen-bond donors (Lipinski definition) is 2. The summed E-state index contributed by atoms with van der Waals surface area (Å²) >= 11 is 0. The molecule has 128 valence electrons. The van der Waals surface area contributed by atoms with E-state index in [1.165, 1.54) is 12.1 Å². The van der Waals surface area contributed by atoms with Gasteiger partial charge in [-0.2, -0.15) is 5.10 Å². The number of H-pyrrole nitrogens is 1. The number of carbonyl (C=O) groups is 1. The first-order valence-corrected chi connectivity index (χ1v) is 8.12. The summed E-state index contributed by atoms with van der Waals surface area (Å²) in [6.45, 7) is 0.404. The van der Waals surface area contributed by atoms with Crippen LogP contribution in [-0.4, -0.2) is 21.1 Å².